The number of aromatic nitrogens is 2. The van der Waals surface area contributed by atoms with E-state index >= 15 is 0 Å². The fraction of sp³-hybridized carbons (Fsp3) is 0.316. The fourth-order valence-electron chi connectivity index (χ4n) is 2.93. The molecule has 0 saturated heterocycles. The molecule has 0 saturated carbocycles. The maximum atomic E-state index is 10.9. The average Bonchev–Trinajstić information content (AvgIpc) is 2.91. The zero-order chi connectivity index (χ0) is 18.1. The second kappa shape index (κ2) is 6.80. The van der Waals surface area contributed by atoms with Crippen molar-refractivity contribution in [3.63, 3.8) is 0 Å². The largest absolute Gasteiger partial charge is 0.481 e. The lowest BCUT2D eigenvalue weighted by atomic mass is 9.99. The number of carboxylic acid groups (broad SMARTS) is 1. The first-order valence-electron chi connectivity index (χ1n) is 8.13. The van der Waals surface area contributed by atoms with Gasteiger partial charge in [-0.15, -0.1) is 11.3 Å². The molecule has 0 atom stereocenters. The number of rotatable bonds is 5. The third-order valence-electron chi connectivity index (χ3n) is 4.46. The minimum atomic E-state index is -0.812. The maximum absolute atomic E-state index is 10.9. The monoisotopic (exact) mass is 355 g/mol. The zero-order valence-corrected chi connectivity index (χ0v) is 15.6. The first-order valence-corrected chi connectivity index (χ1v) is 8.94. The summed E-state index contributed by atoms with van der Waals surface area (Å²) in [6.07, 6.45) is 1.62. The lowest BCUT2D eigenvalue weighted by Gasteiger charge is -2.18. The lowest BCUT2D eigenvalue weighted by molar-refractivity contribution is -0.136. The standard InChI is InChI=1S/C19H21N3O2S/c1-11-5-6-14(9-12(11)2)16-13(3)25-19-17(16)18(20-10-21-19)22(4)8-7-15(23)24/h5-6,9-10H,7-8H2,1-4H3,(H,23,24). The minimum Gasteiger partial charge on any atom is -0.481 e. The molecule has 0 spiro atoms. The van der Waals surface area contributed by atoms with Crippen LogP contribution in [0, 0.1) is 20.8 Å². The van der Waals surface area contributed by atoms with Gasteiger partial charge in [-0.1, -0.05) is 18.2 Å². The maximum Gasteiger partial charge on any atom is 0.305 e. The van der Waals surface area contributed by atoms with Crippen LogP contribution in [0.4, 0.5) is 5.82 Å². The number of aliphatic carboxylic acids is 1. The molecule has 2 aromatic heterocycles. The van der Waals surface area contributed by atoms with E-state index in [0.29, 0.717) is 6.54 Å². The topological polar surface area (TPSA) is 66.3 Å². The van der Waals surface area contributed by atoms with Crippen molar-refractivity contribution in [2.24, 2.45) is 0 Å². The van der Waals surface area contributed by atoms with Gasteiger partial charge in [0.2, 0.25) is 0 Å². The average molecular weight is 355 g/mol. The van der Waals surface area contributed by atoms with Gasteiger partial charge in [0.1, 0.15) is 17.0 Å². The number of carbonyl (C=O) groups is 1. The summed E-state index contributed by atoms with van der Waals surface area (Å²) in [5, 5.41) is 9.96. The SMILES string of the molecule is Cc1ccc(-c2c(C)sc3ncnc(N(C)CCC(=O)O)c23)cc1C. The number of hydrogen-bond acceptors (Lipinski definition) is 5. The Kier molecular flexibility index (Phi) is 4.72. The molecule has 3 aromatic rings. The number of anilines is 1. The molecule has 0 bridgehead atoms. The molecule has 0 aliphatic heterocycles. The summed E-state index contributed by atoms with van der Waals surface area (Å²) in [4.78, 5) is 23.8. The highest BCUT2D eigenvalue weighted by Gasteiger charge is 2.19. The van der Waals surface area contributed by atoms with Gasteiger partial charge in [-0.3, -0.25) is 4.79 Å². The van der Waals surface area contributed by atoms with Crippen molar-refractivity contribution in [3.05, 3.63) is 40.5 Å². The van der Waals surface area contributed by atoms with E-state index in [4.69, 9.17) is 5.11 Å². The molecule has 0 fully saturated rings. The van der Waals surface area contributed by atoms with Crippen molar-refractivity contribution in [1.29, 1.82) is 0 Å². The molecule has 3 rings (SSSR count). The molecular weight excluding hydrogens is 334 g/mol. The highest BCUT2D eigenvalue weighted by molar-refractivity contribution is 7.19. The van der Waals surface area contributed by atoms with E-state index in [1.165, 1.54) is 16.0 Å². The number of fused-ring (bicyclic) bond motifs is 1. The third kappa shape index (κ3) is 3.35. The van der Waals surface area contributed by atoms with E-state index in [1.807, 2.05) is 11.9 Å². The van der Waals surface area contributed by atoms with Crippen LogP contribution in [0.3, 0.4) is 0 Å². The summed E-state index contributed by atoms with van der Waals surface area (Å²) in [5.41, 5.74) is 4.79. The van der Waals surface area contributed by atoms with Gasteiger partial charge in [-0.2, -0.15) is 0 Å². The predicted molar refractivity (Wildman–Crippen MR) is 103 cm³/mol. The molecule has 1 aromatic carbocycles. The molecule has 0 radical (unpaired) electrons. The van der Waals surface area contributed by atoms with Crippen molar-refractivity contribution in [2.75, 3.05) is 18.5 Å². The van der Waals surface area contributed by atoms with Gasteiger partial charge in [-0.05, 0) is 37.5 Å². The number of thiophene rings is 1. The van der Waals surface area contributed by atoms with Crippen molar-refractivity contribution >= 4 is 33.3 Å². The summed E-state index contributed by atoms with van der Waals surface area (Å²) < 4.78 is 0. The first-order chi connectivity index (χ1) is 11.9. The predicted octanol–water partition coefficient (Wildman–Crippen LogP) is 4.19. The molecule has 0 aliphatic rings. The van der Waals surface area contributed by atoms with Gasteiger partial charge >= 0.3 is 5.97 Å². The normalized spacial score (nSPS) is 11.0. The zero-order valence-electron chi connectivity index (χ0n) is 14.8. The lowest BCUT2D eigenvalue weighted by Crippen LogP contribution is -2.22. The molecule has 25 heavy (non-hydrogen) atoms. The van der Waals surface area contributed by atoms with E-state index in [9.17, 15) is 4.79 Å². The van der Waals surface area contributed by atoms with Crippen LogP contribution in [-0.4, -0.2) is 34.6 Å². The van der Waals surface area contributed by atoms with Crippen molar-refractivity contribution < 1.29 is 9.90 Å². The molecule has 6 heteroatoms. The summed E-state index contributed by atoms with van der Waals surface area (Å²) in [6, 6.07) is 6.45. The minimum absolute atomic E-state index is 0.0735. The Morgan fingerprint density at radius 1 is 1.20 bits per heavy atom. The van der Waals surface area contributed by atoms with Gasteiger partial charge in [0.25, 0.3) is 0 Å². The Bertz CT molecular complexity index is 949. The Balaban J connectivity index is 2.17. The molecule has 5 nitrogen and oxygen atoms in total. The molecule has 2 heterocycles. The van der Waals surface area contributed by atoms with Gasteiger partial charge in [0, 0.05) is 24.0 Å². The molecular formula is C19H21N3O2S. The van der Waals surface area contributed by atoms with Gasteiger partial charge in [0.15, 0.2) is 0 Å². The molecule has 130 valence electrons. The number of aryl methyl sites for hydroxylation is 3. The van der Waals surface area contributed by atoms with Crippen LogP contribution in [0.15, 0.2) is 24.5 Å². The van der Waals surface area contributed by atoms with Gasteiger partial charge < -0.3 is 10.0 Å². The van der Waals surface area contributed by atoms with Gasteiger partial charge in [-0.25, -0.2) is 9.97 Å². The van der Waals surface area contributed by atoms with Crippen LogP contribution < -0.4 is 4.90 Å². The van der Waals surface area contributed by atoms with Crippen LogP contribution in [0.2, 0.25) is 0 Å². The van der Waals surface area contributed by atoms with Crippen molar-refractivity contribution in [1.82, 2.24) is 9.97 Å². The molecule has 1 N–H and O–H groups in total. The van der Waals surface area contributed by atoms with E-state index in [-0.39, 0.29) is 6.42 Å². The Hall–Kier alpha value is -2.47. The summed E-state index contributed by atoms with van der Waals surface area (Å²) in [7, 11) is 1.88. The number of hydrogen-bond donors (Lipinski definition) is 1. The Morgan fingerprint density at radius 3 is 2.64 bits per heavy atom. The van der Waals surface area contributed by atoms with Crippen LogP contribution in [-0.2, 0) is 4.79 Å². The molecule has 0 amide bonds. The van der Waals surface area contributed by atoms with E-state index < -0.39 is 5.97 Å². The molecule has 0 aliphatic carbocycles. The second-order valence-electron chi connectivity index (χ2n) is 6.28. The number of nitrogens with zero attached hydrogens (tertiary/aromatic N) is 3. The summed E-state index contributed by atoms with van der Waals surface area (Å²) in [5.74, 6) is -0.0307. The van der Waals surface area contributed by atoms with E-state index in [0.717, 1.165) is 27.2 Å². The highest BCUT2D eigenvalue weighted by Crippen LogP contribution is 2.41. The van der Waals surface area contributed by atoms with Crippen molar-refractivity contribution in [3.8, 4) is 11.1 Å². The van der Waals surface area contributed by atoms with Crippen LogP contribution in [0.1, 0.15) is 22.4 Å². The smallest absolute Gasteiger partial charge is 0.305 e. The summed E-state index contributed by atoms with van der Waals surface area (Å²) in [6.45, 7) is 6.71. The number of carboxylic acids is 1. The Labute approximate surface area is 151 Å². The van der Waals surface area contributed by atoms with Crippen LogP contribution in [0.5, 0.6) is 0 Å². The molecule has 0 unspecified atom stereocenters. The fourth-order valence-corrected chi connectivity index (χ4v) is 3.94. The van der Waals surface area contributed by atoms with E-state index in [1.54, 1.807) is 17.7 Å². The Morgan fingerprint density at radius 2 is 1.96 bits per heavy atom. The van der Waals surface area contributed by atoms with E-state index in [2.05, 4.69) is 48.9 Å². The highest BCUT2D eigenvalue weighted by atomic mass is 32.1. The van der Waals surface area contributed by atoms with Crippen LogP contribution >= 0.6 is 11.3 Å². The van der Waals surface area contributed by atoms with Crippen molar-refractivity contribution in [2.45, 2.75) is 27.2 Å². The van der Waals surface area contributed by atoms with Gasteiger partial charge in [0.05, 0.1) is 11.8 Å². The van der Waals surface area contributed by atoms with Crippen LogP contribution in [0.25, 0.3) is 21.3 Å². The quantitative estimate of drug-likeness (QED) is 0.743. The first kappa shape index (κ1) is 17.4. The third-order valence-corrected chi connectivity index (χ3v) is 5.48. The second-order valence-corrected chi connectivity index (χ2v) is 7.48. The summed E-state index contributed by atoms with van der Waals surface area (Å²) >= 11 is 1.65. The number of benzene rings is 1.